The van der Waals surface area contributed by atoms with Gasteiger partial charge in [0.1, 0.15) is 11.9 Å². The van der Waals surface area contributed by atoms with E-state index < -0.39 is 15.6 Å². The Morgan fingerprint density at radius 1 is 1.53 bits per heavy atom. The molecule has 0 saturated carbocycles. The second-order valence-corrected chi connectivity index (χ2v) is 4.83. The lowest BCUT2D eigenvalue weighted by molar-refractivity contribution is -0.0510. The third-order valence-corrected chi connectivity index (χ3v) is 2.52. The molecule has 0 aliphatic rings. The zero-order chi connectivity index (χ0) is 15.3. The van der Waals surface area contributed by atoms with Crippen molar-refractivity contribution in [1.29, 1.82) is 0 Å². The first kappa shape index (κ1) is 17.9. The molecule has 1 N–H and O–H groups in total. The summed E-state index contributed by atoms with van der Waals surface area (Å²) in [5.74, 6) is 0.979. The van der Waals surface area contributed by atoms with E-state index in [0.717, 1.165) is 12.4 Å². The van der Waals surface area contributed by atoms with Crippen LogP contribution in [0.3, 0.4) is 0 Å². The molecule has 0 aromatic carbocycles. The van der Waals surface area contributed by atoms with Crippen molar-refractivity contribution in [2.24, 2.45) is 7.05 Å². The van der Waals surface area contributed by atoms with Gasteiger partial charge in [-0.05, 0) is 13.8 Å². The number of alkyl halides is 3. The van der Waals surface area contributed by atoms with E-state index in [1.54, 1.807) is 6.20 Å². The molecule has 0 spiro atoms. The minimum Gasteiger partial charge on any atom is -0.371 e. The number of rotatable bonds is 3. The molecule has 0 amide bonds. The first-order chi connectivity index (χ1) is 8.50. The summed E-state index contributed by atoms with van der Waals surface area (Å²) in [5.41, 5.74) is -5.53. The van der Waals surface area contributed by atoms with E-state index in [2.05, 4.69) is 4.98 Å². The molecule has 112 valence electrons. The number of aryl methyl sites for hydroxylation is 1. The fourth-order valence-corrected chi connectivity index (χ4v) is 1.09. The highest BCUT2D eigenvalue weighted by molar-refractivity contribution is 7.86. The fraction of sp³-hybridized carbons (Fsp3) is 0.667. The van der Waals surface area contributed by atoms with E-state index >= 15 is 0 Å². The van der Waals surface area contributed by atoms with Gasteiger partial charge in [0.2, 0.25) is 0 Å². The van der Waals surface area contributed by atoms with E-state index in [1.165, 1.54) is 0 Å². The van der Waals surface area contributed by atoms with Crippen molar-refractivity contribution in [2.45, 2.75) is 25.5 Å². The minimum absolute atomic E-state index is 0.0972. The van der Waals surface area contributed by atoms with Gasteiger partial charge in [-0.1, -0.05) is 0 Å². The molecule has 0 bridgehead atoms. The highest BCUT2D eigenvalue weighted by Crippen LogP contribution is 2.20. The van der Waals surface area contributed by atoms with Gasteiger partial charge < -0.3 is 9.30 Å². The van der Waals surface area contributed by atoms with Crippen LogP contribution in [0, 0.1) is 0 Å². The van der Waals surface area contributed by atoms with Crippen LogP contribution in [0.4, 0.5) is 13.2 Å². The SMILES string of the molecule is CCOC(C)c1nccn1C.O=S(=O)(O)C(F)(F)F. The average molecular weight is 304 g/mol. The van der Waals surface area contributed by atoms with Crippen molar-refractivity contribution >= 4 is 10.1 Å². The second-order valence-electron chi connectivity index (χ2n) is 3.41. The van der Waals surface area contributed by atoms with Gasteiger partial charge >= 0.3 is 15.6 Å². The highest BCUT2D eigenvalue weighted by Gasteiger charge is 2.44. The normalized spacial score (nSPS) is 13.6. The molecule has 1 aromatic heterocycles. The number of hydrogen-bond donors (Lipinski definition) is 1. The smallest absolute Gasteiger partial charge is 0.371 e. The summed E-state index contributed by atoms with van der Waals surface area (Å²) in [4.78, 5) is 4.17. The predicted octanol–water partition coefficient (Wildman–Crippen LogP) is 1.91. The number of imidazole rings is 1. The lowest BCUT2D eigenvalue weighted by Crippen LogP contribution is -2.21. The molecule has 19 heavy (non-hydrogen) atoms. The summed E-state index contributed by atoms with van der Waals surface area (Å²) in [6, 6.07) is 0. The lowest BCUT2D eigenvalue weighted by Gasteiger charge is -2.10. The third kappa shape index (κ3) is 6.03. The maximum atomic E-state index is 10.7. The summed E-state index contributed by atoms with van der Waals surface area (Å²) >= 11 is 0. The van der Waals surface area contributed by atoms with Crippen molar-refractivity contribution in [3.8, 4) is 0 Å². The zero-order valence-electron chi connectivity index (χ0n) is 10.5. The van der Waals surface area contributed by atoms with Crippen LogP contribution in [0.5, 0.6) is 0 Å². The lowest BCUT2D eigenvalue weighted by atomic mass is 10.4. The summed E-state index contributed by atoms with van der Waals surface area (Å²) in [7, 11) is -3.87. The highest BCUT2D eigenvalue weighted by atomic mass is 32.2. The van der Waals surface area contributed by atoms with Crippen LogP contribution in [0.2, 0.25) is 0 Å². The van der Waals surface area contributed by atoms with Crippen LogP contribution >= 0.6 is 0 Å². The number of hydrogen-bond acceptors (Lipinski definition) is 4. The first-order valence-electron chi connectivity index (χ1n) is 5.13. The Morgan fingerprint density at radius 2 is 2.00 bits per heavy atom. The minimum atomic E-state index is -5.84. The maximum absolute atomic E-state index is 10.7. The fourth-order valence-electron chi connectivity index (χ4n) is 1.09. The molecular weight excluding hydrogens is 289 g/mol. The van der Waals surface area contributed by atoms with Gasteiger partial charge in [0, 0.05) is 26.0 Å². The largest absolute Gasteiger partial charge is 0.522 e. The molecule has 0 fully saturated rings. The topological polar surface area (TPSA) is 81.4 Å². The molecule has 0 aliphatic heterocycles. The van der Waals surface area contributed by atoms with Gasteiger partial charge in [0.25, 0.3) is 0 Å². The van der Waals surface area contributed by atoms with Gasteiger partial charge in [0.05, 0.1) is 0 Å². The van der Waals surface area contributed by atoms with Crippen LogP contribution in [-0.4, -0.2) is 34.6 Å². The molecule has 1 atom stereocenters. The van der Waals surface area contributed by atoms with Crippen LogP contribution in [-0.2, 0) is 21.9 Å². The Balaban J connectivity index is 0.000000362. The van der Waals surface area contributed by atoms with Crippen molar-refractivity contribution < 1.29 is 30.9 Å². The van der Waals surface area contributed by atoms with Crippen LogP contribution in [0.1, 0.15) is 25.8 Å². The number of halogens is 3. The van der Waals surface area contributed by atoms with Gasteiger partial charge in [-0.3, -0.25) is 4.55 Å². The molecule has 0 saturated heterocycles. The molecular formula is C9H15F3N2O4S. The standard InChI is InChI=1S/C8H14N2O.CHF3O3S/c1-4-11-7(2)8-9-5-6-10(8)3;2-1(3,4)8(5,6)7/h5-7H,4H2,1-3H3;(H,5,6,7). The molecule has 1 heterocycles. The molecule has 1 aromatic rings. The van der Waals surface area contributed by atoms with Gasteiger partial charge in [-0.25, -0.2) is 4.98 Å². The molecule has 10 heteroatoms. The third-order valence-electron chi connectivity index (χ3n) is 1.93. The van der Waals surface area contributed by atoms with E-state index in [0.29, 0.717) is 0 Å². The Hall–Kier alpha value is -1.13. The maximum Gasteiger partial charge on any atom is 0.522 e. The van der Waals surface area contributed by atoms with Crippen LogP contribution < -0.4 is 0 Å². The second kappa shape index (κ2) is 6.87. The summed E-state index contributed by atoms with van der Waals surface area (Å²) < 4.78 is 64.9. The van der Waals surface area contributed by atoms with Crippen LogP contribution in [0.15, 0.2) is 12.4 Å². The zero-order valence-corrected chi connectivity index (χ0v) is 11.4. The van der Waals surface area contributed by atoms with E-state index in [9.17, 15) is 13.2 Å². The Labute approximate surface area is 109 Å². The Morgan fingerprint density at radius 3 is 2.26 bits per heavy atom. The number of nitrogens with zero attached hydrogens (tertiary/aromatic N) is 2. The quantitative estimate of drug-likeness (QED) is 0.681. The van der Waals surface area contributed by atoms with Crippen molar-refractivity contribution in [1.82, 2.24) is 9.55 Å². The van der Waals surface area contributed by atoms with Crippen LogP contribution in [0.25, 0.3) is 0 Å². The van der Waals surface area contributed by atoms with Gasteiger partial charge in [-0.15, -0.1) is 0 Å². The van der Waals surface area contributed by atoms with E-state index in [1.807, 2.05) is 31.7 Å². The molecule has 6 nitrogen and oxygen atoms in total. The van der Waals surface area contributed by atoms with Gasteiger partial charge in [0.15, 0.2) is 0 Å². The van der Waals surface area contributed by atoms with Crippen molar-refractivity contribution in [2.75, 3.05) is 6.61 Å². The van der Waals surface area contributed by atoms with E-state index in [4.69, 9.17) is 17.7 Å². The molecule has 1 unspecified atom stereocenters. The molecule has 0 aliphatic carbocycles. The summed E-state index contributed by atoms with van der Waals surface area (Å²) in [6.45, 7) is 4.72. The summed E-state index contributed by atoms with van der Waals surface area (Å²) in [6.07, 6.45) is 3.80. The van der Waals surface area contributed by atoms with Crippen molar-refractivity contribution in [3.63, 3.8) is 0 Å². The average Bonchev–Trinajstić information content (AvgIpc) is 2.62. The monoisotopic (exact) mass is 304 g/mol. The van der Waals surface area contributed by atoms with Gasteiger partial charge in [-0.2, -0.15) is 21.6 Å². The van der Waals surface area contributed by atoms with Crippen molar-refractivity contribution in [3.05, 3.63) is 18.2 Å². The number of ether oxygens (including phenoxy) is 1. The predicted molar refractivity (Wildman–Crippen MR) is 60.9 cm³/mol. The Kier molecular flexibility index (Phi) is 6.46. The first-order valence-corrected chi connectivity index (χ1v) is 6.57. The number of aromatic nitrogens is 2. The molecule has 0 radical (unpaired) electrons. The Bertz CT molecular complexity index is 484. The van der Waals surface area contributed by atoms with E-state index in [-0.39, 0.29) is 6.10 Å². The summed E-state index contributed by atoms with van der Waals surface area (Å²) in [5, 5.41) is 0. The molecule has 1 rings (SSSR count).